The average Bonchev–Trinajstić information content (AvgIpc) is 3.28. The largest absolute Gasteiger partial charge is 0.330 e. The Balaban J connectivity index is 1.72. The second-order valence-electron chi connectivity index (χ2n) is 7.65. The number of fused-ring (bicyclic) bond motifs is 2. The van der Waals surface area contributed by atoms with Crippen LogP contribution >= 0.6 is 11.8 Å². The molecule has 11 nitrogen and oxygen atoms in total. The van der Waals surface area contributed by atoms with Crippen molar-refractivity contribution in [2.45, 2.75) is 55.6 Å². The number of sulfonamides is 1. The number of aryl methyl sites for hydroxylation is 3. The molecule has 0 amide bonds. The first-order valence-corrected chi connectivity index (χ1v) is 13.0. The summed E-state index contributed by atoms with van der Waals surface area (Å²) in [6, 6.07) is 4.62. The summed E-state index contributed by atoms with van der Waals surface area (Å²) in [6.45, 7) is 5.11. The van der Waals surface area contributed by atoms with Gasteiger partial charge in [-0.2, -0.15) is 0 Å². The number of nitrogens with two attached hydrogens (primary N) is 1. The maximum atomic E-state index is 12.5. The molecule has 0 bridgehead atoms. The van der Waals surface area contributed by atoms with E-state index in [2.05, 4.69) is 15.0 Å². The van der Waals surface area contributed by atoms with Crippen molar-refractivity contribution in [3.63, 3.8) is 0 Å². The fourth-order valence-corrected chi connectivity index (χ4v) is 5.35. The molecule has 4 aromatic rings. The van der Waals surface area contributed by atoms with Crippen molar-refractivity contribution in [3.05, 3.63) is 44.9 Å². The molecule has 0 aliphatic carbocycles. The van der Waals surface area contributed by atoms with E-state index in [0.717, 1.165) is 18.4 Å². The van der Waals surface area contributed by atoms with E-state index in [0.29, 0.717) is 46.5 Å². The SMILES string of the molecule is CCCCn1c(=O)[nH]c(=O)c2c1nc(CSc1nc3cc(S(N)(=O)=O)ccc3n1CC)n2C. The van der Waals surface area contributed by atoms with Gasteiger partial charge in [-0.05, 0) is 31.5 Å². The third-order valence-corrected chi connectivity index (χ3v) is 7.38. The lowest BCUT2D eigenvalue weighted by Crippen LogP contribution is -2.31. The van der Waals surface area contributed by atoms with Crippen LogP contribution in [0.15, 0.2) is 37.8 Å². The molecule has 0 aliphatic heterocycles. The highest BCUT2D eigenvalue weighted by Gasteiger charge is 2.19. The van der Waals surface area contributed by atoms with Gasteiger partial charge in [-0.3, -0.25) is 14.3 Å². The number of H-pyrrole nitrogens is 1. The highest BCUT2D eigenvalue weighted by molar-refractivity contribution is 7.98. The predicted octanol–water partition coefficient (Wildman–Crippen LogP) is 1.53. The number of nitrogens with one attached hydrogen (secondary N) is 1. The summed E-state index contributed by atoms with van der Waals surface area (Å²) in [5.74, 6) is 1.02. The molecule has 33 heavy (non-hydrogen) atoms. The zero-order chi connectivity index (χ0) is 23.9. The van der Waals surface area contributed by atoms with Crippen molar-refractivity contribution in [2.24, 2.45) is 12.2 Å². The number of aromatic nitrogens is 6. The lowest BCUT2D eigenvalue weighted by atomic mass is 10.3. The van der Waals surface area contributed by atoms with E-state index in [4.69, 9.17) is 5.14 Å². The molecule has 4 rings (SSSR count). The van der Waals surface area contributed by atoms with E-state index in [1.807, 2.05) is 18.4 Å². The lowest BCUT2D eigenvalue weighted by Gasteiger charge is -2.06. The molecule has 0 spiro atoms. The fourth-order valence-electron chi connectivity index (χ4n) is 3.75. The van der Waals surface area contributed by atoms with Gasteiger partial charge in [0.1, 0.15) is 5.82 Å². The first-order chi connectivity index (χ1) is 15.7. The van der Waals surface area contributed by atoms with Crippen molar-refractivity contribution in [3.8, 4) is 0 Å². The van der Waals surface area contributed by atoms with Crippen LogP contribution in [0.5, 0.6) is 0 Å². The molecule has 0 radical (unpaired) electrons. The lowest BCUT2D eigenvalue weighted by molar-refractivity contribution is 0.598. The highest BCUT2D eigenvalue weighted by atomic mass is 32.2. The number of hydrogen-bond donors (Lipinski definition) is 2. The molecule has 13 heteroatoms. The van der Waals surface area contributed by atoms with E-state index in [1.54, 1.807) is 17.7 Å². The molecule has 0 atom stereocenters. The van der Waals surface area contributed by atoms with Crippen LogP contribution in [0.1, 0.15) is 32.5 Å². The van der Waals surface area contributed by atoms with Crippen LogP contribution in [0.3, 0.4) is 0 Å². The van der Waals surface area contributed by atoms with Crippen LogP contribution in [0.4, 0.5) is 0 Å². The van der Waals surface area contributed by atoms with E-state index in [1.165, 1.54) is 28.5 Å². The normalized spacial score (nSPS) is 12.2. The van der Waals surface area contributed by atoms with E-state index in [9.17, 15) is 18.0 Å². The van der Waals surface area contributed by atoms with Crippen molar-refractivity contribution < 1.29 is 8.42 Å². The van der Waals surface area contributed by atoms with Gasteiger partial charge in [-0.1, -0.05) is 25.1 Å². The smallest absolute Gasteiger partial charge is 0.325 e. The Kier molecular flexibility index (Phi) is 6.20. The van der Waals surface area contributed by atoms with Crippen LogP contribution in [0.25, 0.3) is 22.2 Å². The number of aromatic amines is 1. The first kappa shape index (κ1) is 23.3. The number of imidazole rings is 2. The van der Waals surface area contributed by atoms with Gasteiger partial charge in [0, 0.05) is 20.1 Å². The monoisotopic (exact) mass is 491 g/mol. The fraction of sp³-hybridized carbons (Fsp3) is 0.400. The Bertz CT molecular complexity index is 1580. The molecule has 3 aromatic heterocycles. The van der Waals surface area contributed by atoms with Gasteiger partial charge < -0.3 is 9.13 Å². The minimum atomic E-state index is -3.83. The number of nitrogens with zero attached hydrogens (tertiary/aromatic N) is 5. The predicted molar refractivity (Wildman–Crippen MR) is 127 cm³/mol. The Morgan fingerprint density at radius 3 is 2.58 bits per heavy atom. The maximum Gasteiger partial charge on any atom is 0.330 e. The Morgan fingerprint density at radius 1 is 1.15 bits per heavy atom. The summed E-state index contributed by atoms with van der Waals surface area (Å²) < 4.78 is 28.6. The van der Waals surface area contributed by atoms with Crippen LogP contribution in [0.2, 0.25) is 0 Å². The third-order valence-electron chi connectivity index (χ3n) is 5.50. The van der Waals surface area contributed by atoms with Crippen molar-refractivity contribution in [1.29, 1.82) is 0 Å². The number of rotatable bonds is 8. The van der Waals surface area contributed by atoms with E-state index < -0.39 is 21.3 Å². The Labute approximate surface area is 193 Å². The molecule has 3 heterocycles. The Morgan fingerprint density at radius 2 is 1.91 bits per heavy atom. The van der Waals surface area contributed by atoms with E-state index >= 15 is 0 Å². The van der Waals surface area contributed by atoms with Gasteiger partial charge in [0.25, 0.3) is 5.56 Å². The quantitative estimate of drug-likeness (QED) is 0.355. The summed E-state index contributed by atoms with van der Waals surface area (Å²) >= 11 is 1.42. The summed E-state index contributed by atoms with van der Waals surface area (Å²) in [5.41, 5.74) is 1.12. The number of benzene rings is 1. The summed E-state index contributed by atoms with van der Waals surface area (Å²) in [7, 11) is -2.08. The second kappa shape index (κ2) is 8.80. The van der Waals surface area contributed by atoms with Crippen LogP contribution in [0, 0.1) is 0 Å². The van der Waals surface area contributed by atoms with Gasteiger partial charge in [0.05, 0.1) is 21.7 Å². The highest BCUT2D eigenvalue weighted by Crippen LogP contribution is 2.28. The van der Waals surface area contributed by atoms with Crippen LogP contribution in [-0.4, -0.2) is 37.1 Å². The third kappa shape index (κ3) is 4.23. The van der Waals surface area contributed by atoms with Gasteiger partial charge in [-0.15, -0.1) is 0 Å². The molecule has 0 saturated carbocycles. The number of primary sulfonamides is 1. The number of thioether (sulfide) groups is 1. The molecule has 176 valence electrons. The van der Waals surface area contributed by atoms with Gasteiger partial charge in [0.15, 0.2) is 16.3 Å². The molecule has 0 unspecified atom stereocenters. The van der Waals surface area contributed by atoms with E-state index in [-0.39, 0.29) is 4.90 Å². The number of unbranched alkanes of at least 4 members (excludes halogenated alkanes) is 1. The minimum absolute atomic E-state index is 0.00642. The maximum absolute atomic E-state index is 12.5. The summed E-state index contributed by atoms with van der Waals surface area (Å²) in [4.78, 5) is 36.4. The molecule has 3 N–H and O–H groups in total. The molecule has 1 aromatic carbocycles. The van der Waals surface area contributed by atoms with Gasteiger partial charge in [0.2, 0.25) is 10.0 Å². The standard InChI is InChI=1S/C20H25N7O4S2/c1-4-6-9-27-17-16(18(28)24-19(27)29)25(3)15(23-17)11-32-20-22-13-10-12(33(21,30)31)7-8-14(13)26(20)5-2/h7-8,10H,4-6,9,11H2,1-3H3,(H2,21,30,31)(H,24,28,29). The average molecular weight is 492 g/mol. The molecule has 0 saturated heterocycles. The number of hydrogen-bond acceptors (Lipinski definition) is 7. The molecule has 0 fully saturated rings. The summed E-state index contributed by atoms with van der Waals surface area (Å²) in [5, 5.41) is 5.93. The summed E-state index contributed by atoms with van der Waals surface area (Å²) in [6.07, 6.45) is 1.70. The topological polar surface area (TPSA) is 151 Å². The minimum Gasteiger partial charge on any atom is -0.325 e. The zero-order valence-corrected chi connectivity index (χ0v) is 20.2. The van der Waals surface area contributed by atoms with Crippen molar-refractivity contribution in [1.82, 2.24) is 28.7 Å². The van der Waals surface area contributed by atoms with Crippen LogP contribution < -0.4 is 16.4 Å². The zero-order valence-electron chi connectivity index (χ0n) is 18.5. The molecular formula is C20H25N7O4S2. The van der Waals surface area contributed by atoms with Crippen molar-refractivity contribution >= 4 is 44.0 Å². The van der Waals surface area contributed by atoms with Crippen LogP contribution in [-0.2, 0) is 35.9 Å². The molecular weight excluding hydrogens is 466 g/mol. The van der Waals surface area contributed by atoms with Crippen molar-refractivity contribution in [2.75, 3.05) is 0 Å². The first-order valence-electron chi connectivity index (χ1n) is 10.5. The van der Waals surface area contributed by atoms with Gasteiger partial charge >= 0.3 is 5.69 Å². The molecule has 0 aliphatic rings. The van der Waals surface area contributed by atoms with Gasteiger partial charge in [-0.25, -0.2) is 28.3 Å². The Hall–Kier alpha value is -2.90. The second-order valence-corrected chi connectivity index (χ2v) is 10.2.